The lowest BCUT2D eigenvalue weighted by molar-refractivity contribution is 0.0368. The number of amides is 1. The van der Waals surface area contributed by atoms with E-state index in [2.05, 4.69) is 0 Å². The van der Waals surface area contributed by atoms with Crippen LogP contribution in [-0.4, -0.2) is 41.7 Å². The van der Waals surface area contributed by atoms with Crippen molar-refractivity contribution in [3.8, 4) is 5.75 Å². The van der Waals surface area contributed by atoms with Gasteiger partial charge in [-0.1, -0.05) is 0 Å². The van der Waals surface area contributed by atoms with E-state index in [0.29, 0.717) is 23.6 Å². The van der Waals surface area contributed by atoms with Gasteiger partial charge in [-0.15, -0.1) is 0 Å². The molecule has 106 valence electrons. The highest BCUT2D eigenvalue weighted by atomic mass is 16.5. The quantitative estimate of drug-likeness (QED) is 0.792. The normalized spacial score (nSPS) is 11.2. The zero-order valence-electron chi connectivity index (χ0n) is 11.9. The Labute approximate surface area is 114 Å². The highest BCUT2D eigenvalue weighted by Gasteiger charge is 2.21. The Bertz CT molecular complexity index is 452. The average Bonchev–Trinajstić information content (AvgIpc) is 2.25. The fourth-order valence-electron chi connectivity index (χ4n) is 1.87. The molecule has 5 nitrogen and oxygen atoms in total. The first-order valence-electron chi connectivity index (χ1n) is 6.24. The summed E-state index contributed by atoms with van der Waals surface area (Å²) in [5.74, 6) is 0.373. The molecule has 0 bridgehead atoms. The van der Waals surface area contributed by atoms with Crippen LogP contribution in [0.15, 0.2) is 18.2 Å². The van der Waals surface area contributed by atoms with Gasteiger partial charge in [-0.25, -0.2) is 0 Å². The summed E-state index contributed by atoms with van der Waals surface area (Å²) in [4.78, 5) is 13.7. The Hall–Kier alpha value is -1.75. The topological polar surface area (TPSA) is 75.8 Å². The molecule has 19 heavy (non-hydrogen) atoms. The molecule has 0 unspecified atom stereocenters. The lowest BCUT2D eigenvalue weighted by atomic mass is 10.1. The van der Waals surface area contributed by atoms with Crippen LogP contribution in [0.2, 0.25) is 0 Å². The van der Waals surface area contributed by atoms with Crippen LogP contribution >= 0.6 is 0 Å². The van der Waals surface area contributed by atoms with Gasteiger partial charge in [-0.2, -0.15) is 0 Å². The maximum absolute atomic E-state index is 12.2. The first kappa shape index (κ1) is 15.3. The Morgan fingerprint density at radius 2 is 2.05 bits per heavy atom. The summed E-state index contributed by atoms with van der Waals surface area (Å²) in [5.41, 5.74) is 5.75. The number of nitrogen functional groups attached to an aromatic ring is 1. The van der Waals surface area contributed by atoms with Crippen LogP contribution in [0.4, 0.5) is 5.69 Å². The lowest BCUT2D eigenvalue weighted by Gasteiger charge is -2.25. The number of anilines is 1. The number of ether oxygens (including phenoxy) is 1. The summed E-state index contributed by atoms with van der Waals surface area (Å²) in [6.07, 6.45) is 0. The summed E-state index contributed by atoms with van der Waals surface area (Å²) < 4.78 is 5.36. The second-order valence-corrected chi connectivity index (χ2v) is 5.20. The van der Waals surface area contributed by atoms with Crippen LogP contribution in [0.5, 0.6) is 5.75 Å². The van der Waals surface area contributed by atoms with Crippen molar-refractivity contribution in [2.24, 2.45) is 0 Å². The first-order chi connectivity index (χ1) is 8.73. The van der Waals surface area contributed by atoms with Gasteiger partial charge in [0, 0.05) is 30.9 Å². The van der Waals surface area contributed by atoms with Gasteiger partial charge >= 0.3 is 0 Å². The molecule has 1 amide bonds. The predicted molar refractivity (Wildman–Crippen MR) is 75.3 cm³/mol. The Morgan fingerprint density at radius 1 is 1.42 bits per heavy atom. The highest BCUT2D eigenvalue weighted by Crippen LogP contribution is 2.20. The molecule has 0 atom stereocenters. The molecule has 0 saturated carbocycles. The van der Waals surface area contributed by atoms with E-state index < -0.39 is 5.60 Å². The molecule has 0 saturated heterocycles. The number of carbonyl (C=O) groups excluding carboxylic acids is 1. The predicted octanol–water partition coefficient (Wildman–Crippen LogP) is 1.51. The molecule has 3 N–H and O–H groups in total. The summed E-state index contributed by atoms with van der Waals surface area (Å²) in [7, 11) is 1.64. The third-order valence-corrected chi connectivity index (χ3v) is 2.46. The van der Waals surface area contributed by atoms with Crippen molar-refractivity contribution in [1.29, 1.82) is 0 Å². The molecule has 0 aliphatic rings. The first-order valence-corrected chi connectivity index (χ1v) is 6.24. The standard InChI is InChI=1S/C14H22N2O3/c1-5-19-12-7-10(6-11(15)8-12)13(17)16(4)9-14(2,3)18/h6-8,18H,5,9,15H2,1-4H3. The molecule has 5 heteroatoms. The van der Waals surface area contributed by atoms with Gasteiger partial charge in [-0.05, 0) is 32.9 Å². The summed E-state index contributed by atoms with van der Waals surface area (Å²) >= 11 is 0. The van der Waals surface area contributed by atoms with Crippen molar-refractivity contribution in [3.63, 3.8) is 0 Å². The maximum Gasteiger partial charge on any atom is 0.253 e. The number of rotatable bonds is 5. The summed E-state index contributed by atoms with van der Waals surface area (Å²) in [6, 6.07) is 4.94. The number of aliphatic hydroxyl groups is 1. The molecular weight excluding hydrogens is 244 g/mol. The molecule has 0 radical (unpaired) electrons. The van der Waals surface area contributed by atoms with E-state index in [0.717, 1.165) is 0 Å². The van der Waals surface area contributed by atoms with E-state index in [1.165, 1.54) is 4.90 Å². The average molecular weight is 266 g/mol. The third-order valence-electron chi connectivity index (χ3n) is 2.46. The smallest absolute Gasteiger partial charge is 0.253 e. The van der Waals surface area contributed by atoms with Crippen LogP contribution in [0, 0.1) is 0 Å². The number of nitrogens with two attached hydrogens (primary N) is 1. The van der Waals surface area contributed by atoms with E-state index in [1.54, 1.807) is 39.1 Å². The molecule has 1 rings (SSSR count). The van der Waals surface area contributed by atoms with Gasteiger partial charge in [0.15, 0.2) is 0 Å². The van der Waals surface area contributed by atoms with Crippen LogP contribution < -0.4 is 10.5 Å². The fourth-order valence-corrected chi connectivity index (χ4v) is 1.87. The zero-order chi connectivity index (χ0) is 14.6. The van der Waals surface area contributed by atoms with E-state index in [4.69, 9.17) is 10.5 Å². The molecule has 0 heterocycles. The summed E-state index contributed by atoms with van der Waals surface area (Å²) in [5, 5.41) is 9.73. The molecule has 0 fully saturated rings. The lowest BCUT2D eigenvalue weighted by Crippen LogP contribution is -2.39. The van der Waals surface area contributed by atoms with Crippen LogP contribution in [0.1, 0.15) is 31.1 Å². The van der Waals surface area contributed by atoms with Crippen molar-refractivity contribution in [3.05, 3.63) is 23.8 Å². The number of likely N-dealkylation sites (N-methyl/N-ethyl adjacent to an activating group) is 1. The molecule has 1 aromatic carbocycles. The minimum absolute atomic E-state index is 0.199. The summed E-state index contributed by atoms with van der Waals surface area (Å²) in [6.45, 7) is 5.93. The second-order valence-electron chi connectivity index (χ2n) is 5.20. The van der Waals surface area contributed by atoms with Gasteiger partial charge in [0.05, 0.1) is 12.2 Å². The second kappa shape index (κ2) is 5.93. The van der Waals surface area contributed by atoms with Gasteiger partial charge in [0.2, 0.25) is 0 Å². The number of nitrogens with zero attached hydrogens (tertiary/aromatic N) is 1. The Morgan fingerprint density at radius 3 is 2.58 bits per heavy atom. The van der Waals surface area contributed by atoms with Crippen molar-refractivity contribution in [1.82, 2.24) is 4.90 Å². The molecule has 1 aromatic rings. The zero-order valence-corrected chi connectivity index (χ0v) is 11.9. The Kier molecular flexibility index (Phi) is 4.78. The van der Waals surface area contributed by atoms with Crippen LogP contribution in [-0.2, 0) is 0 Å². The Balaban J connectivity index is 2.92. The molecule has 0 spiro atoms. The molecule has 0 aliphatic heterocycles. The largest absolute Gasteiger partial charge is 0.494 e. The number of carbonyl (C=O) groups is 1. The molecule has 0 aromatic heterocycles. The van der Waals surface area contributed by atoms with Gasteiger partial charge < -0.3 is 20.5 Å². The molecular formula is C14H22N2O3. The van der Waals surface area contributed by atoms with E-state index in [9.17, 15) is 9.90 Å². The van der Waals surface area contributed by atoms with E-state index in [1.807, 2.05) is 6.92 Å². The number of benzene rings is 1. The van der Waals surface area contributed by atoms with Gasteiger partial charge in [0.25, 0.3) is 5.91 Å². The van der Waals surface area contributed by atoms with Crippen molar-refractivity contribution in [2.45, 2.75) is 26.4 Å². The molecule has 0 aliphatic carbocycles. The maximum atomic E-state index is 12.2. The number of hydrogen-bond acceptors (Lipinski definition) is 4. The van der Waals surface area contributed by atoms with Gasteiger partial charge in [-0.3, -0.25) is 4.79 Å². The van der Waals surface area contributed by atoms with Crippen LogP contribution in [0.3, 0.4) is 0 Å². The van der Waals surface area contributed by atoms with Crippen molar-refractivity contribution < 1.29 is 14.6 Å². The SMILES string of the molecule is CCOc1cc(N)cc(C(=O)N(C)CC(C)(C)O)c1. The van der Waals surface area contributed by atoms with E-state index in [-0.39, 0.29) is 12.5 Å². The van der Waals surface area contributed by atoms with Gasteiger partial charge in [0.1, 0.15) is 5.75 Å². The highest BCUT2D eigenvalue weighted by molar-refractivity contribution is 5.95. The van der Waals surface area contributed by atoms with Crippen molar-refractivity contribution in [2.75, 3.05) is 25.9 Å². The third kappa shape index (κ3) is 4.79. The number of hydrogen-bond donors (Lipinski definition) is 2. The van der Waals surface area contributed by atoms with Crippen LogP contribution in [0.25, 0.3) is 0 Å². The minimum atomic E-state index is -0.937. The fraction of sp³-hybridized carbons (Fsp3) is 0.500. The van der Waals surface area contributed by atoms with Crippen molar-refractivity contribution >= 4 is 11.6 Å². The minimum Gasteiger partial charge on any atom is -0.494 e. The van der Waals surface area contributed by atoms with E-state index >= 15 is 0 Å². The monoisotopic (exact) mass is 266 g/mol.